The molecule has 1 N–H and O–H groups in total. The maximum Gasteiger partial charge on any atom is 0.220 e. The van der Waals surface area contributed by atoms with Crippen LogP contribution in [0.5, 0.6) is 0 Å². The molecule has 1 amide bonds. The van der Waals surface area contributed by atoms with Crippen molar-refractivity contribution < 1.29 is 13.9 Å². The van der Waals surface area contributed by atoms with Crippen molar-refractivity contribution in [2.45, 2.75) is 38.6 Å². The molecule has 1 aliphatic rings. The summed E-state index contributed by atoms with van der Waals surface area (Å²) in [5.74, 6) is 0.0957. The number of benzene rings is 1. The lowest BCUT2D eigenvalue weighted by atomic mass is 9.87. The number of rotatable bonds is 6. The molecule has 2 aromatic rings. The zero-order valence-corrected chi connectivity index (χ0v) is 15.1. The van der Waals surface area contributed by atoms with Crippen molar-refractivity contribution in [3.05, 3.63) is 65.2 Å². The monoisotopic (exact) mass is 356 g/mol. The largest absolute Gasteiger partial charge is 0.381 e. The van der Waals surface area contributed by atoms with Gasteiger partial charge in [-0.15, -0.1) is 0 Å². The van der Waals surface area contributed by atoms with E-state index in [1.165, 1.54) is 6.07 Å². The minimum atomic E-state index is -0.224. The van der Waals surface area contributed by atoms with Crippen LogP contribution in [0.3, 0.4) is 0 Å². The van der Waals surface area contributed by atoms with E-state index in [2.05, 4.69) is 10.3 Å². The Balaban J connectivity index is 1.63. The Morgan fingerprint density at radius 3 is 2.85 bits per heavy atom. The Morgan fingerprint density at radius 1 is 1.35 bits per heavy atom. The zero-order valence-electron chi connectivity index (χ0n) is 15.1. The van der Waals surface area contributed by atoms with Gasteiger partial charge in [0.25, 0.3) is 0 Å². The van der Waals surface area contributed by atoms with E-state index in [4.69, 9.17) is 4.74 Å². The number of halogens is 1. The second kappa shape index (κ2) is 8.90. The number of nitrogens with zero attached hydrogens (tertiary/aromatic N) is 1. The molecule has 5 heteroatoms. The smallest absolute Gasteiger partial charge is 0.220 e. The summed E-state index contributed by atoms with van der Waals surface area (Å²) in [4.78, 5) is 16.7. The summed E-state index contributed by atoms with van der Waals surface area (Å²) in [5, 5.41) is 3.17. The number of pyridine rings is 1. The van der Waals surface area contributed by atoms with Crippen molar-refractivity contribution in [2.24, 2.45) is 5.92 Å². The number of amides is 1. The van der Waals surface area contributed by atoms with Crippen LogP contribution in [0, 0.1) is 18.7 Å². The van der Waals surface area contributed by atoms with Crippen LogP contribution in [0.4, 0.5) is 4.39 Å². The van der Waals surface area contributed by atoms with Gasteiger partial charge in [0.05, 0.1) is 6.04 Å². The molecule has 1 aromatic heterocycles. The topological polar surface area (TPSA) is 51.2 Å². The van der Waals surface area contributed by atoms with Gasteiger partial charge in [0.2, 0.25) is 5.91 Å². The average molecular weight is 356 g/mol. The molecule has 26 heavy (non-hydrogen) atoms. The van der Waals surface area contributed by atoms with Crippen LogP contribution in [0.1, 0.15) is 42.0 Å². The van der Waals surface area contributed by atoms with E-state index in [-0.39, 0.29) is 17.8 Å². The number of ether oxygens (including phenoxy) is 1. The number of carbonyl (C=O) groups excluding carboxylic acids is 1. The van der Waals surface area contributed by atoms with Crippen LogP contribution in [-0.4, -0.2) is 24.1 Å². The highest BCUT2D eigenvalue weighted by atomic mass is 19.1. The van der Waals surface area contributed by atoms with Crippen LogP contribution in [0.25, 0.3) is 0 Å². The summed E-state index contributed by atoms with van der Waals surface area (Å²) >= 11 is 0. The number of aromatic nitrogens is 1. The van der Waals surface area contributed by atoms with Crippen molar-refractivity contribution in [3.8, 4) is 0 Å². The summed E-state index contributed by atoms with van der Waals surface area (Å²) in [7, 11) is 0. The van der Waals surface area contributed by atoms with Crippen LogP contribution < -0.4 is 5.32 Å². The van der Waals surface area contributed by atoms with Crippen LogP contribution in [0.15, 0.2) is 42.7 Å². The SMILES string of the molecule is Cc1ccc(CCC(=O)N[C@H](c2cccnc2)C2CCOCC2)cc1F. The van der Waals surface area contributed by atoms with Gasteiger partial charge in [-0.1, -0.05) is 18.2 Å². The normalized spacial score (nSPS) is 16.2. The van der Waals surface area contributed by atoms with Crippen molar-refractivity contribution in [1.82, 2.24) is 10.3 Å². The maximum atomic E-state index is 13.7. The molecule has 2 heterocycles. The van der Waals surface area contributed by atoms with Gasteiger partial charge < -0.3 is 10.1 Å². The molecule has 1 aliphatic heterocycles. The third kappa shape index (κ3) is 4.88. The minimum absolute atomic E-state index is 0.0219. The number of carbonyl (C=O) groups is 1. The van der Waals surface area contributed by atoms with Gasteiger partial charge in [0, 0.05) is 32.0 Å². The molecule has 138 valence electrons. The fourth-order valence-corrected chi connectivity index (χ4v) is 3.38. The van der Waals surface area contributed by atoms with Crippen LogP contribution >= 0.6 is 0 Å². The van der Waals surface area contributed by atoms with Gasteiger partial charge in [0.15, 0.2) is 0 Å². The molecule has 1 atom stereocenters. The summed E-state index contributed by atoms with van der Waals surface area (Å²) in [6, 6.07) is 8.98. The highest BCUT2D eigenvalue weighted by molar-refractivity contribution is 5.76. The Labute approximate surface area is 153 Å². The van der Waals surface area contributed by atoms with Crippen molar-refractivity contribution in [3.63, 3.8) is 0 Å². The Bertz CT molecular complexity index is 730. The first-order chi connectivity index (χ1) is 12.6. The van der Waals surface area contributed by atoms with Gasteiger partial charge in [-0.25, -0.2) is 4.39 Å². The van der Waals surface area contributed by atoms with E-state index in [0.717, 1.165) is 37.2 Å². The predicted molar refractivity (Wildman–Crippen MR) is 98.1 cm³/mol. The summed E-state index contributed by atoms with van der Waals surface area (Å²) in [6.45, 7) is 3.18. The zero-order chi connectivity index (χ0) is 18.4. The molecular weight excluding hydrogens is 331 g/mol. The van der Waals surface area contributed by atoms with Crippen LogP contribution in [-0.2, 0) is 16.0 Å². The lowest BCUT2D eigenvalue weighted by molar-refractivity contribution is -0.122. The van der Waals surface area contributed by atoms with Crippen molar-refractivity contribution in [1.29, 1.82) is 0 Å². The third-order valence-corrected chi connectivity index (χ3v) is 4.97. The molecule has 1 fully saturated rings. The first-order valence-electron chi connectivity index (χ1n) is 9.15. The number of nitrogens with one attached hydrogen (secondary N) is 1. The summed E-state index contributed by atoms with van der Waals surface area (Å²) < 4.78 is 19.1. The highest BCUT2D eigenvalue weighted by Gasteiger charge is 2.27. The lowest BCUT2D eigenvalue weighted by Crippen LogP contribution is -2.36. The van der Waals surface area contributed by atoms with Crippen LogP contribution in [0.2, 0.25) is 0 Å². The van der Waals surface area contributed by atoms with E-state index >= 15 is 0 Å². The fraction of sp³-hybridized carbons (Fsp3) is 0.429. The van der Waals surface area contributed by atoms with Gasteiger partial charge in [-0.3, -0.25) is 9.78 Å². The highest BCUT2D eigenvalue weighted by Crippen LogP contribution is 2.29. The molecule has 0 saturated carbocycles. The number of aryl methyl sites for hydroxylation is 2. The Morgan fingerprint density at radius 2 is 2.15 bits per heavy atom. The molecule has 0 radical (unpaired) electrons. The Kier molecular flexibility index (Phi) is 6.34. The lowest BCUT2D eigenvalue weighted by Gasteiger charge is -2.31. The maximum absolute atomic E-state index is 13.7. The van der Waals surface area contributed by atoms with E-state index in [1.54, 1.807) is 19.2 Å². The predicted octanol–water partition coefficient (Wildman–Crippen LogP) is 3.75. The van der Waals surface area contributed by atoms with Gasteiger partial charge in [0.1, 0.15) is 5.82 Å². The second-order valence-corrected chi connectivity index (χ2v) is 6.86. The van der Waals surface area contributed by atoms with Gasteiger partial charge in [-0.05, 0) is 60.9 Å². The van der Waals surface area contributed by atoms with E-state index < -0.39 is 0 Å². The first-order valence-corrected chi connectivity index (χ1v) is 9.15. The number of hydrogen-bond donors (Lipinski definition) is 1. The fourth-order valence-electron chi connectivity index (χ4n) is 3.38. The molecule has 0 bridgehead atoms. The van der Waals surface area contributed by atoms with Crippen molar-refractivity contribution in [2.75, 3.05) is 13.2 Å². The molecule has 0 aliphatic carbocycles. The summed E-state index contributed by atoms with van der Waals surface area (Å²) in [6.07, 6.45) is 6.25. The second-order valence-electron chi connectivity index (χ2n) is 6.86. The quantitative estimate of drug-likeness (QED) is 0.858. The van der Waals surface area contributed by atoms with E-state index in [9.17, 15) is 9.18 Å². The molecule has 3 rings (SSSR count). The van der Waals surface area contributed by atoms with E-state index in [0.29, 0.717) is 24.3 Å². The molecule has 1 aromatic carbocycles. The van der Waals surface area contributed by atoms with Gasteiger partial charge >= 0.3 is 0 Å². The summed E-state index contributed by atoms with van der Waals surface area (Å²) in [5.41, 5.74) is 2.48. The third-order valence-electron chi connectivity index (χ3n) is 4.97. The first kappa shape index (κ1) is 18.5. The molecule has 0 spiro atoms. The molecule has 4 nitrogen and oxygen atoms in total. The standard InChI is InChI=1S/C21H25FN2O2/c1-15-4-5-16(13-19(15)22)6-7-20(25)24-21(17-8-11-26-12-9-17)18-3-2-10-23-14-18/h2-5,10,13-14,17,21H,6-9,11-12H2,1H3,(H,24,25)/t21-/m0/s1. The van der Waals surface area contributed by atoms with Gasteiger partial charge in [-0.2, -0.15) is 0 Å². The van der Waals surface area contributed by atoms with Crippen molar-refractivity contribution >= 4 is 5.91 Å². The number of hydrogen-bond acceptors (Lipinski definition) is 3. The minimum Gasteiger partial charge on any atom is -0.381 e. The molecule has 1 saturated heterocycles. The molecular formula is C21H25FN2O2. The Hall–Kier alpha value is -2.27. The average Bonchev–Trinajstić information content (AvgIpc) is 2.68. The van der Waals surface area contributed by atoms with E-state index in [1.807, 2.05) is 24.4 Å². The molecule has 0 unspecified atom stereocenters.